The lowest BCUT2D eigenvalue weighted by atomic mass is 9.78. The van der Waals surface area contributed by atoms with Crippen molar-refractivity contribution in [2.45, 2.75) is 64.6 Å². The molecule has 0 heterocycles. The molecule has 0 spiro atoms. The molecule has 1 aliphatic rings. The molecule has 128 valence electrons. The summed E-state index contributed by atoms with van der Waals surface area (Å²) in [7, 11) is 0. The molecule has 0 unspecified atom stereocenters. The molecule has 0 aliphatic heterocycles. The van der Waals surface area contributed by atoms with E-state index in [1.54, 1.807) is 0 Å². The fourth-order valence-corrected chi connectivity index (χ4v) is 3.52. The zero-order valence-corrected chi connectivity index (χ0v) is 14.5. The minimum absolute atomic E-state index is 0.123. The molecule has 3 heteroatoms. The fraction of sp³-hybridized carbons (Fsp3) is 0.650. The zero-order chi connectivity index (χ0) is 16.5. The lowest BCUT2D eigenvalue weighted by molar-refractivity contribution is -0.149. The first kappa shape index (κ1) is 18.2. The van der Waals surface area contributed by atoms with Gasteiger partial charge in [0.15, 0.2) is 6.29 Å². The van der Waals surface area contributed by atoms with E-state index in [2.05, 4.69) is 12.1 Å². The van der Waals surface area contributed by atoms with Crippen LogP contribution in [0.2, 0.25) is 0 Å². The van der Waals surface area contributed by atoms with Crippen LogP contribution in [-0.2, 0) is 14.3 Å². The van der Waals surface area contributed by atoms with Crippen LogP contribution in [0, 0.1) is 5.92 Å². The summed E-state index contributed by atoms with van der Waals surface area (Å²) in [6.45, 7) is 5.13. The molecular formula is C20H30O3. The van der Waals surface area contributed by atoms with Crippen LogP contribution in [-0.4, -0.2) is 25.3 Å². The van der Waals surface area contributed by atoms with E-state index in [0.717, 1.165) is 18.4 Å². The molecule has 0 radical (unpaired) electrons. The second kappa shape index (κ2) is 9.84. The number of rotatable bonds is 9. The van der Waals surface area contributed by atoms with Crippen molar-refractivity contribution in [3.05, 3.63) is 35.9 Å². The number of carbonyl (C=O) groups is 1. The average Bonchev–Trinajstić information content (AvgIpc) is 2.61. The lowest BCUT2D eigenvalue weighted by Gasteiger charge is -2.28. The average molecular weight is 318 g/mol. The minimum Gasteiger partial charge on any atom is -0.353 e. The van der Waals surface area contributed by atoms with Gasteiger partial charge >= 0.3 is 0 Å². The van der Waals surface area contributed by atoms with Gasteiger partial charge in [-0.3, -0.25) is 4.79 Å². The third-order valence-electron chi connectivity index (χ3n) is 4.69. The smallest absolute Gasteiger partial charge is 0.158 e. The standard InChI is InChI=1S/C20H30O3/c1-3-22-19(23-4-2)15-18(16-11-7-5-8-12-16)20(21)17-13-9-6-10-14-17/h5,7-8,11-12,17-19H,3-4,6,9-10,13-15H2,1-2H3/t18-/m1/s1. The highest BCUT2D eigenvalue weighted by atomic mass is 16.7. The zero-order valence-electron chi connectivity index (χ0n) is 14.5. The third-order valence-corrected chi connectivity index (χ3v) is 4.69. The van der Waals surface area contributed by atoms with E-state index in [-0.39, 0.29) is 18.1 Å². The summed E-state index contributed by atoms with van der Waals surface area (Å²) in [6.07, 6.45) is 6.01. The monoisotopic (exact) mass is 318 g/mol. The summed E-state index contributed by atoms with van der Waals surface area (Å²) < 4.78 is 11.4. The van der Waals surface area contributed by atoms with Crippen LogP contribution in [0.5, 0.6) is 0 Å². The van der Waals surface area contributed by atoms with E-state index in [4.69, 9.17) is 9.47 Å². The Balaban J connectivity index is 2.15. The van der Waals surface area contributed by atoms with Crippen LogP contribution in [0.15, 0.2) is 30.3 Å². The molecule has 0 amide bonds. The predicted molar refractivity (Wildman–Crippen MR) is 92.4 cm³/mol. The van der Waals surface area contributed by atoms with Gasteiger partial charge in [-0.25, -0.2) is 0 Å². The second-order valence-electron chi connectivity index (χ2n) is 6.28. The van der Waals surface area contributed by atoms with Crippen molar-refractivity contribution in [3.63, 3.8) is 0 Å². The highest BCUT2D eigenvalue weighted by Gasteiger charge is 2.31. The minimum atomic E-state index is -0.303. The molecule has 1 aromatic rings. The van der Waals surface area contributed by atoms with Crippen molar-refractivity contribution in [2.24, 2.45) is 5.92 Å². The van der Waals surface area contributed by atoms with Gasteiger partial charge in [0.2, 0.25) is 0 Å². The number of benzene rings is 1. The van der Waals surface area contributed by atoms with E-state index >= 15 is 0 Å². The molecule has 0 aromatic heterocycles. The van der Waals surface area contributed by atoms with Gasteiger partial charge in [0.25, 0.3) is 0 Å². The summed E-state index contributed by atoms with van der Waals surface area (Å²) >= 11 is 0. The van der Waals surface area contributed by atoms with Crippen molar-refractivity contribution < 1.29 is 14.3 Å². The molecule has 1 aromatic carbocycles. The van der Waals surface area contributed by atoms with Crippen molar-refractivity contribution >= 4 is 5.78 Å². The quantitative estimate of drug-likeness (QED) is 0.619. The van der Waals surface area contributed by atoms with Gasteiger partial charge in [0, 0.05) is 31.5 Å². The summed E-state index contributed by atoms with van der Waals surface area (Å²) in [6, 6.07) is 10.1. The van der Waals surface area contributed by atoms with Crippen molar-refractivity contribution in [2.75, 3.05) is 13.2 Å². The second-order valence-corrected chi connectivity index (χ2v) is 6.28. The normalized spacial score (nSPS) is 17.3. The predicted octanol–water partition coefficient (Wildman–Crippen LogP) is 4.71. The molecular weight excluding hydrogens is 288 g/mol. The molecule has 1 atom stereocenters. The van der Waals surface area contributed by atoms with Gasteiger partial charge in [-0.05, 0) is 32.3 Å². The molecule has 1 fully saturated rings. The van der Waals surface area contributed by atoms with Crippen molar-refractivity contribution in [1.82, 2.24) is 0 Å². The summed E-state index contributed by atoms with van der Waals surface area (Å²) in [5.41, 5.74) is 1.09. The maximum absolute atomic E-state index is 13.1. The Morgan fingerprint density at radius 3 is 2.22 bits per heavy atom. The number of ether oxygens (including phenoxy) is 2. The highest BCUT2D eigenvalue weighted by molar-refractivity contribution is 5.88. The molecule has 0 saturated heterocycles. The Morgan fingerprint density at radius 1 is 1.04 bits per heavy atom. The van der Waals surface area contributed by atoms with Crippen LogP contribution in [0.3, 0.4) is 0 Å². The Labute approximate surface area is 140 Å². The van der Waals surface area contributed by atoms with E-state index in [1.165, 1.54) is 19.3 Å². The maximum atomic E-state index is 13.1. The molecule has 3 nitrogen and oxygen atoms in total. The van der Waals surface area contributed by atoms with E-state index in [1.807, 2.05) is 32.0 Å². The first-order valence-electron chi connectivity index (χ1n) is 9.08. The largest absolute Gasteiger partial charge is 0.353 e. The lowest BCUT2D eigenvalue weighted by Crippen LogP contribution is -2.29. The highest BCUT2D eigenvalue weighted by Crippen LogP contribution is 2.33. The first-order chi connectivity index (χ1) is 11.3. The van der Waals surface area contributed by atoms with Gasteiger partial charge in [0.1, 0.15) is 5.78 Å². The Bertz CT molecular complexity index is 445. The number of ketones is 1. The topological polar surface area (TPSA) is 35.5 Å². The first-order valence-corrected chi connectivity index (χ1v) is 9.08. The van der Waals surface area contributed by atoms with Gasteiger partial charge < -0.3 is 9.47 Å². The third kappa shape index (κ3) is 5.43. The van der Waals surface area contributed by atoms with E-state index in [9.17, 15) is 4.79 Å². The van der Waals surface area contributed by atoms with Gasteiger partial charge in [-0.1, -0.05) is 49.6 Å². The van der Waals surface area contributed by atoms with Gasteiger partial charge in [-0.2, -0.15) is 0 Å². The number of Topliss-reactive ketones (excluding diaryl/α,β-unsaturated/α-hetero) is 1. The molecule has 23 heavy (non-hydrogen) atoms. The fourth-order valence-electron chi connectivity index (χ4n) is 3.52. The molecule has 1 aliphatic carbocycles. The van der Waals surface area contributed by atoms with Crippen molar-refractivity contribution in [1.29, 1.82) is 0 Å². The van der Waals surface area contributed by atoms with Crippen LogP contribution >= 0.6 is 0 Å². The Hall–Kier alpha value is -1.19. The number of hydrogen-bond donors (Lipinski definition) is 0. The number of hydrogen-bond acceptors (Lipinski definition) is 3. The van der Waals surface area contributed by atoms with Gasteiger partial charge in [-0.15, -0.1) is 0 Å². The Morgan fingerprint density at radius 2 is 1.65 bits per heavy atom. The number of carbonyl (C=O) groups excluding carboxylic acids is 1. The van der Waals surface area contributed by atoms with E-state index < -0.39 is 0 Å². The van der Waals surface area contributed by atoms with Crippen LogP contribution in [0.4, 0.5) is 0 Å². The van der Waals surface area contributed by atoms with Gasteiger partial charge in [0.05, 0.1) is 0 Å². The van der Waals surface area contributed by atoms with Crippen molar-refractivity contribution in [3.8, 4) is 0 Å². The molecule has 0 N–H and O–H groups in total. The molecule has 1 saturated carbocycles. The summed E-state index contributed by atoms with van der Waals surface area (Å²) in [5.74, 6) is 0.459. The Kier molecular flexibility index (Phi) is 7.77. The molecule has 2 rings (SSSR count). The van der Waals surface area contributed by atoms with E-state index in [0.29, 0.717) is 25.4 Å². The summed E-state index contributed by atoms with van der Waals surface area (Å²) in [5, 5.41) is 0. The molecule has 0 bridgehead atoms. The van der Waals surface area contributed by atoms with Crippen LogP contribution < -0.4 is 0 Å². The maximum Gasteiger partial charge on any atom is 0.158 e. The SMILES string of the molecule is CCOC(C[C@@H](C(=O)C1CCCCC1)c1ccccc1)OCC. The van der Waals surface area contributed by atoms with Crippen LogP contribution in [0.25, 0.3) is 0 Å². The van der Waals surface area contributed by atoms with Crippen LogP contribution in [0.1, 0.15) is 63.9 Å². The summed E-state index contributed by atoms with van der Waals surface area (Å²) in [4.78, 5) is 13.1.